The van der Waals surface area contributed by atoms with E-state index in [4.69, 9.17) is 0 Å². The maximum atomic E-state index is 13.0. The summed E-state index contributed by atoms with van der Waals surface area (Å²) < 4.78 is 77.9. The van der Waals surface area contributed by atoms with Crippen LogP contribution < -0.4 is 0 Å². The van der Waals surface area contributed by atoms with Gasteiger partial charge in [-0.25, -0.2) is 0 Å². The molecule has 0 atom stereocenters. The zero-order valence-electron chi connectivity index (χ0n) is 12.5. The second-order valence-electron chi connectivity index (χ2n) is 5.30. The highest BCUT2D eigenvalue weighted by molar-refractivity contribution is 5.68. The molecule has 2 rings (SSSR count). The summed E-state index contributed by atoms with van der Waals surface area (Å²) in [5.74, 6) is 0. The third-order valence-corrected chi connectivity index (χ3v) is 3.81. The molecular formula is C17H14F6O. The summed E-state index contributed by atoms with van der Waals surface area (Å²) >= 11 is 0. The lowest BCUT2D eigenvalue weighted by Gasteiger charge is -2.33. The molecule has 1 nitrogen and oxygen atoms in total. The van der Waals surface area contributed by atoms with Crippen LogP contribution in [0.5, 0.6) is 0 Å². The van der Waals surface area contributed by atoms with Gasteiger partial charge in [-0.3, -0.25) is 0 Å². The fraction of sp³-hybridized carbons (Fsp3) is 0.294. The normalized spacial score (nSPS) is 13.2. The van der Waals surface area contributed by atoms with Gasteiger partial charge in [-0.1, -0.05) is 55.5 Å². The molecule has 0 aliphatic heterocycles. The summed E-state index contributed by atoms with van der Waals surface area (Å²) in [6, 6.07) is 11.2. The minimum absolute atomic E-state index is 0.212. The second kappa shape index (κ2) is 6.12. The van der Waals surface area contributed by atoms with Crippen molar-refractivity contribution in [1.82, 2.24) is 0 Å². The predicted molar refractivity (Wildman–Crippen MR) is 77.3 cm³/mol. The smallest absolute Gasteiger partial charge is 0.369 e. The van der Waals surface area contributed by atoms with Crippen LogP contribution in [0.15, 0.2) is 48.5 Å². The van der Waals surface area contributed by atoms with Crippen LogP contribution in [0.1, 0.15) is 18.1 Å². The molecule has 0 aliphatic rings. The number of hydrogen-bond acceptors (Lipinski definition) is 1. The van der Waals surface area contributed by atoms with Crippen LogP contribution in [-0.4, -0.2) is 17.5 Å². The number of alkyl halides is 6. The molecule has 0 amide bonds. The average molecular weight is 348 g/mol. The van der Waals surface area contributed by atoms with Crippen LogP contribution in [0.4, 0.5) is 26.3 Å². The lowest BCUT2D eigenvalue weighted by atomic mass is 9.87. The van der Waals surface area contributed by atoms with Gasteiger partial charge in [0, 0.05) is 5.56 Å². The van der Waals surface area contributed by atoms with Crippen LogP contribution >= 0.6 is 0 Å². The molecule has 0 aromatic heterocycles. The van der Waals surface area contributed by atoms with Crippen LogP contribution in [0.25, 0.3) is 11.1 Å². The molecule has 0 saturated heterocycles. The number of benzene rings is 2. The Morgan fingerprint density at radius 1 is 0.833 bits per heavy atom. The quantitative estimate of drug-likeness (QED) is 0.753. The van der Waals surface area contributed by atoms with E-state index in [2.05, 4.69) is 0 Å². The van der Waals surface area contributed by atoms with Crippen molar-refractivity contribution in [2.24, 2.45) is 0 Å². The van der Waals surface area contributed by atoms with E-state index >= 15 is 0 Å². The lowest BCUT2D eigenvalue weighted by Crippen LogP contribution is -2.53. The Hall–Kier alpha value is -2.02. The minimum Gasteiger partial charge on any atom is -0.369 e. The second-order valence-corrected chi connectivity index (χ2v) is 5.30. The molecule has 0 heterocycles. The van der Waals surface area contributed by atoms with E-state index in [0.29, 0.717) is 17.2 Å². The number of aryl methyl sites for hydroxylation is 1. The van der Waals surface area contributed by atoms with Crippen molar-refractivity contribution in [3.8, 4) is 11.1 Å². The summed E-state index contributed by atoms with van der Waals surface area (Å²) in [6.45, 7) is 1.62. The zero-order chi connectivity index (χ0) is 18.2. The highest BCUT2D eigenvalue weighted by Gasteiger charge is 2.71. The van der Waals surface area contributed by atoms with Gasteiger partial charge in [-0.05, 0) is 23.1 Å². The monoisotopic (exact) mass is 348 g/mol. The van der Waals surface area contributed by atoms with Crippen LogP contribution in [0.3, 0.4) is 0 Å². The van der Waals surface area contributed by atoms with Crippen molar-refractivity contribution in [1.29, 1.82) is 0 Å². The van der Waals surface area contributed by atoms with Gasteiger partial charge in [-0.2, -0.15) is 26.3 Å². The Morgan fingerprint density at radius 2 is 1.38 bits per heavy atom. The summed E-state index contributed by atoms with van der Waals surface area (Å²) in [5, 5.41) is 9.49. The molecule has 0 bridgehead atoms. The number of rotatable bonds is 3. The number of aliphatic hydroxyl groups is 1. The van der Waals surface area contributed by atoms with E-state index in [-0.39, 0.29) is 12.0 Å². The molecule has 0 spiro atoms. The van der Waals surface area contributed by atoms with Crippen molar-refractivity contribution in [3.05, 3.63) is 59.7 Å². The van der Waals surface area contributed by atoms with E-state index in [1.165, 1.54) is 6.07 Å². The Kier molecular flexibility index (Phi) is 4.68. The first kappa shape index (κ1) is 18.3. The zero-order valence-corrected chi connectivity index (χ0v) is 12.5. The molecule has 0 radical (unpaired) electrons. The standard InChI is InChI=1S/C17H14F6O/c1-2-11-10-13(15(24,16(18,19)20)17(21,22)23)8-9-14(11)12-6-4-3-5-7-12/h3-10,24H,2H2,1H3. The lowest BCUT2D eigenvalue weighted by molar-refractivity contribution is -0.376. The highest BCUT2D eigenvalue weighted by Crippen LogP contribution is 2.50. The first-order valence-corrected chi connectivity index (χ1v) is 7.07. The number of hydrogen-bond donors (Lipinski definition) is 1. The molecule has 0 fully saturated rings. The Balaban J connectivity index is 2.64. The van der Waals surface area contributed by atoms with E-state index in [1.807, 2.05) is 0 Å². The van der Waals surface area contributed by atoms with E-state index in [1.54, 1.807) is 37.3 Å². The van der Waals surface area contributed by atoms with E-state index < -0.39 is 23.5 Å². The molecule has 7 heteroatoms. The Bertz CT molecular complexity index is 689. The van der Waals surface area contributed by atoms with Gasteiger partial charge in [-0.15, -0.1) is 0 Å². The first-order chi connectivity index (χ1) is 11.0. The third kappa shape index (κ3) is 3.00. The molecule has 130 valence electrons. The van der Waals surface area contributed by atoms with Gasteiger partial charge < -0.3 is 5.11 Å². The van der Waals surface area contributed by atoms with Crippen molar-refractivity contribution in [2.45, 2.75) is 31.3 Å². The van der Waals surface area contributed by atoms with Crippen LogP contribution in [-0.2, 0) is 12.0 Å². The summed E-state index contributed by atoms with van der Waals surface area (Å²) in [4.78, 5) is 0. The Labute approximate surface area is 134 Å². The topological polar surface area (TPSA) is 20.2 Å². The van der Waals surface area contributed by atoms with Gasteiger partial charge in [0.2, 0.25) is 0 Å². The maximum absolute atomic E-state index is 13.0. The van der Waals surface area contributed by atoms with Crippen molar-refractivity contribution < 1.29 is 31.4 Å². The van der Waals surface area contributed by atoms with Gasteiger partial charge >= 0.3 is 12.4 Å². The SMILES string of the molecule is CCc1cc(C(O)(C(F)(F)F)C(F)(F)F)ccc1-c1ccccc1. The van der Waals surface area contributed by atoms with Crippen molar-refractivity contribution in [3.63, 3.8) is 0 Å². The molecule has 1 N–H and O–H groups in total. The van der Waals surface area contributed by atoms with Crippen LogP contribution in [0.2, 0.25) is 0 Å². The van der Waals surface area contributed by atoms with Crippen molar-refractivity contribution >= 4 is 0 Å². The fourth-order valence-corrected chi connectivity index (χ4v) is 2.50. The minimum atomic E-state index is -5.88. The van der Waals surface area contributed by atoms with Gasteiger partial charge in [0.1, 0.15) is 0 Å². The van der Waals surface area contributed by atoms with E-state index in [9.17, 15) is 31.4 Å². The third-order valence-electron chi connectivity index (χ3n) is 3.81. The number of halogens is 6. The molecule has 0 saturated carbocycles. The fourth-order valence-electron chi connectivity index (χ4n) is 2.50. The summed E-state index contributed by atoms with van der Waals surface area (Å²) in [6.07, 6.45) is -11.6. The predicted octanol–water partition coefficient (Wildman–Crippen LogP) is 5.23. The van der Waals surface area contributed by atoms with Gasteiger partial charge in [0.05, 0.1) is 0 Å². The molecule has 2 aromatic rings. The van der Waals surface area contributed by atoms with Gasteiger partial charge in [0.25, 0.3) is 5.60 Å². The summed E-state index contributed by atoms with van der Waals surface area (Å²) in [7, 11) is 0. The molecule has 24 heavy (non-hydrogen) atoms. The molecule has 2 aromatic carbocycles. The maximum Gasteiger partial charge on any atom is 0.430 e. The molecule has 0 unspecified atom stereocenters. The molecule has 0 aliphatic carbocycles. The van der Waals surface area contributed by atoms with Crippen LogP contribution in [0, 0.1) is 0 Å². The van der Waals surface area contributed by atoms with E-state index in [0.717, 1.165) is 6.07 Å². The summed E-state index contributed by atoms with van der Waals surface area (Å²) in [5.41, 5.74) is -4.67. The van der Waals surface area contributed by atoms with Gasteiger partial charge in [0.15, 0.2) is 0 Å². The van der Waals surface area contributed by atoms with Crippen molar-refractivity contribution in [2.75, 3.05) is 0 Å². The first-order valence-electron chi connectivity index (χ1n) is 7.07. The Morgan fingerprint density at radius 3 is 1.83 bits per heavy atom. The highest BCUT2D eigenvalue weighted by atomic mass is 19.4. The average Bonchev–Trinajstić information content (AvgIpc) is 2.52. The largest absolute Gasteiger partial charge is 0.430 e. The molecular weight excluding hydrogens is 334 g/mol.